The number of carboxylic acid groups (broad SMARTS) is 1. The van der Waals surface area contributed by atoms with Gasteiger partial charge in [0.15, 0.2) is 5.78 Å². The summed E-state index contributed by atoms with van der Waals surface area (Å²) in [6.07, 6.45) is 1.13. The molecule has 0 atom stereocenters. The number of aliphatic carboxylic acids is 1. The quantitative estimate of drug-likeness (QED) is 0.795. The molecule has 1 aromatic carbocycles. The maximum atomic E-state index is 12.6. The molecule has 0 heterocycles. The summed E-state index contributed by atoms with van der Waals surface area (Å²) in [5.74, 6) is -1.74. The molecular weight excluding hydrogens is 211 g/mol. The van der Waals surface area contributed by atoms with E-state index in [1.807, 2.05) is 0 Å². The monoisotopic (exact) mass is 222 g/mol. The maximum absolute atomic E-state index is 12.6. The van der Waals surface area contributed by atoms with Crippen LogP contribution in [0, 0.1) is 5.82 Å². The highest BCUT2D eigenvalue weighted by molar-refractivity contribution is 6.01. The van der Waals surface area contributed by atoms with Gasteiger partial charge in [0.25, 0.3) is 0 Å². The number of Topliss-reactive ketones (excluding diaryl/α,β-unsaturated/α-hetero) is 1. The van der Waals surface area contributed by atoms with Crippen LogP contribution in [-0.2, 0) is 9.59 Å². The lowest BCUT2D eigenvalue weighted by Crippen LogP contribution is -2.04. The van der Waals surface area contributed by atoms with E-state index in [0.29, 0.717) is 5.56 Å². The van der Waals surface area contributed by atoms with Crippen LogP contribution >= 0.6 is 0 Å². The summed E-state index contributed by atoms with van der Waals surface area (Å²) in [6.45, 7) is 1.30. The van der Waals surface area contributed by atoms with Crippen molar-refractivity contribution in [3.8, 4) is 0 Å². The average Bonchev–Trinajstić information content (AvgIpc) is 2.19. The molecule has 1 N–H and O–H groups in total. The highest BCUT2D eigenvalue weighted by atomic mass is 19.1. The van der Waals surface area contributed by atoms with Gasteiger partial charge in [0, 0.05) is 5.57 Å². The SMILES string of the molecule is CC(=O)/C(=C/c1ccc(F)cc1)CC(=O)O. The van der Waals surface area contributed by atoms with Crippen molar-refractivity contribution in [1.29, 1.82) is 0 Å². The van der Waals surface area contributed by atoms with Crippen molar-refractivity contribution in [2.45, 2.75) is 13.3 Å². The van der Waals surface area contributed by atoms with Crippen molar-refractivity contribution < 1.29 is 19.1 Å². The van der Waals surface area contributed by atoms with Gasteiger partial charge in [0.1, 0.15) is 5.82 Å². The molecule has 0 saturated carbocycles. The van der Waals surface area contributed by atoms with E-state index in [-0.39, 0.29) is 23.6 Å². The van der Waals surface area contributed by atoms with Gasteiger partial charge in [-0.25, -0.2) is 4.39 Å². The number of rotatable bonds is 4. The molecule has 1 aromatic rings. The molecule has 0 saturated heterocycles. The topological polar surface area (TPSA) is 54.4 Å². The third-order valence-corrected chi connectivity index (χ3v) is 2.00. The Morgan fingerprint density at radius 3 is 2.31 bits per heavy atom. The fourth-order valence-electron chi connectivity index (χ4n) is 1.20. The molecule has 0 amide bonds. The normalized spacial score (nSPS) is 11.2. The predicted molar refractivity (Wildman–Crippen MR) is 57.3 cm³/mol. The Morgan fingerprint density at radius 2 is 1.88 bits per heavy atom. The van der Waals surface area contributed by atoms with E-state index < -0.39 is 5.97 Å². The molecule has 0 unspecified atom stereocenters. The van der Waals surface area contributed by atoms with Gasteiger partial charge in [-0.2, -0.15) is 0 Å². The molecule has 1 rings (SSSR count). The Bertz CT molecular complexity index is 432. The van der Waals surface area contributed by atoms with Gasteiger partial charge in [0.05, 0.1) is 6.42 Å². The lowest BCUT2D eigenvalue weighted by Gasteiger charge is -2.00. The standard InChI is InChI=1S/C12H11FO3/c1-8(14)10(7-12(15)16)6-9-2-4-11(13)5-3-9/h2-6H,7H2,1H3,(H,15,16)/b10-6+. The van der Waals surface area contributed by atoms with Crippen molar-refractivity contribution in [2.75, 3.05) is 0 Å². The molecule has 84 valence electrons. The summed E-state index contributed by atoms with van der Waals surface area (Å²) in [5, 5.41) is 8.60. The Balaban J connectivity index is 2.97. The van der Waals surface area contributed by atoms with Crippen LogP contribution in [0.15, 0.2) is 29.8 Å². The van der Waals surface area contributed by atoms with Gasteiger partial charge in [-0.05, 0) is 30.7 Å². The maximum Gasteiger partial charge on any atom is 0.307 e. The van der Waals surface area contributed by atoms with Crippen molar-refractivity contribution >= 4 is 17.8 Å². The molecule has 4 heteroatoms. The number of ketones is 1. The van der Waals surface area contributed by atoms with Crippen LogP contribution in [-0.4, -0.2) is 16.9 Å². The lowest BCUT2D eigenvalue weighted by molar-refractivity contribution is -0.136. The first-order valence-electron chi connectivity index (χ1n) is 4.68. The number of carbonyl (C=O) groups is 2. The second-order valence-corrected chi connectivity index (χ2v) is 3.35. The van der Waals surface area contributed by atoms with Crippen molar-refractivity contribution in [3.63, 3.8) is 0 Å². The Labute approximate surface area is 92.2 Å². The van der Waals surface area contributed by atoms with E-state index in [2.05, 4.69) is 0 Å². The molecule has 0 fully saturated rings. The van der Waals surface area contributed by atoms with Crippen LogP contribution in [0.3, 0.4) is 0 Å². The molecule has 0 aromatic heterocycles. The van der Waals surface area contributed by atoms with Crippen LogP contribution in [0.25, 0.3) is 6.08 Å². The van der Waals surface area contributed by atoms with Crippen LogP contribution < -0.4 is 0 Å². The van der Waals surface area contributed by atoms with Gasteiger partial charge in [0.2, 0.25) is 0 Å². The van der Waals surface area contributed by atoms with E-state index >= 15 is 0 Å². The number of hydrogen-bond acceptors (Lipinski definition) is 2. The molecule has 0 bridgehead atoms. The van der Waals surface area contributed by atoms with E-state index in [1.54, 1.807) is 0 Å². The first-order chi connectivity index (χ1) is 7.49. The minimum Gasteiger partial charge on any atom is -0.481 e. The van der Waals surface area contributed by atoms with E-state index in [1.165, 1.54) is 37.3 Å². The second kappa shape index (κ2) is 5.21. The van der Waals surface area contributed by atoms with Crippen LogP contribution in [0.4, 0.5) is 4.39 Å². The molecule has 0 aliphatic carbocycles. The molecule has 16 heavy (non-hydrogen) atoms. The predicted octanol–water partition coefficient (Wildman–Crippen LogP) is 2.27. The highest BCUT2D eigenvalue weighted by Crippen LogP contribution is 2.11. The lowest BCUT2D eigenvalue weighted by atomic mass is 10.0. The fourth-order valence-corrected chi connectivity index (χ4v) is 1.20. The zero-order chi connectivity index (χ0) is 12.1. The summed E-state index contributed by atoms with van der Waals surface area (Å²) in [4.78, 5) is 21.7. The summed E-state index contributed by atoms with van der Waals surface area (Å²) in [7, 11) is 0. The molecular formula is C12H11FO3. The smallest absolute Gasteiger partial charge is 0.307 e. The number of benzene rings is 1. The first kappa shape index (κ1) is 12.1. The van der Waals surface area contributed by atoms with Crippen LogP contribution in [0.2, 0.25) is 0 Å². The van der Waals surface area contributed by atoms with Gasteiger partial charge in [-0.3, -0.25) is 9.59 Å². The first-order valence-corrected chi connectivity index (χ1v) is 4.68. The molecule has 3 nitrogen and oxygen atoms in total. The number of hydrogen-bond donors (Lipinski definition) is 1. The highest BCUT2D eigenvalue weighted by Gasteiger charge is 2.08. The number of carbonyl (C=O) groups excluding carboxylic acids is 1. The molecule has 0 aliphatic rings. The minimum atomic E-state index is -1.07. The van der Waals surface area contributed by atoms with Gasteiger partial charge >= 0.3 is 5.97 Å². The van der Waals surface area contributed by atoms with Crippen LogP contribution in [0.5, 0.6) is 0 Å². The average molecular weight is 222 g/mol. The third kappa shape index (κ3) is 3.65. The largest absolute Gasteiger partial charge is 0.481 e. The fraction of sp³-hybridized carbons (Fsp3) is 0.167. The van der Waals surface area contributed by atoms with E-state index in [0.717, 1.165) is 0 Å². The Hall–Kier alpha value is -1.97. The van der Waals surface area contributed by atoms with Crippen LogP contribution in [0.1, 0.15) is 18.9 Å². The molecule has 0 spiro atoms. The van der Waals surface area contributed by atoms with Gasteiger partial charge in [-0.15, -0.1) is 0 Å². The molecule has 0 radical (unpaired) electrons. The second-order valence-electron chi connectivity index (χ2n) is 3.35. The van der Waals surface area contributed by atoms with Gasteiger partial charge < -0.3 is 5.11 Å². The Kier molecular flexibility index (Phi) is 3.94. The van der Waals surface area contributed by atoms with Crippen molar-refractivity contribution in [2.24, 2.45) is 0 Å². The van der Waals surface area contributed by atoms with Crippen molar-refractivity contribution in [1.82, 2.24) is 0 Å². The van der Waals surface area contributed by atoms with E-state index in [9.17, 15) is 14.0 Å². The summed E-state index contributed by atoms with van der Waals surface area (Å²) >= 11 is 0. The number of halogens is 1. The summed E-state index contributed by atoms with van der Waals surface area (Å²) in [5.41, 5.74) is 0.798. The summed E-state index contributed by atoms with van der Waals surface area (Å²) in [6, 6.07) is 5.48. The molecule has 0 aliphatic heterocycles. The van der Waals surface area contributed by atoms with Crippen molar-refractivity contribution in [3.05, 3.63) is 41.2 Å². The third-order valence-electron chi connectivity index (χ3n) is 2.00. The van der Waals surface area contributed by atoms with Gasteiger partial charge in [-0.1, -0.05) is 12.1 Å². The zero-order valence-electron chi connectivity index (χ0n) is 8.74. The number of carboxylic acids is 1. The Morgan fingerprint density at radius 1 is 1.31 bits per heavy atom. The summed E-state index contributed by atoms with van der Waals surface area (Å²) < 4.78 is 12.6. The zero-order valence-corrected chi connectivity index (χ0v) is 8.74. The minimum absolute atomic E-state index is 0.194. The van der Waals surface area contributed by atoms with E-state index in [4.69, 9.17) is 5.11 Å².